The average molecular weight is 389 g/mol. The summed E-state index contributed by atoms with van der Waals surface area (Å²) in [7, 11) is 1.65. The van der Waals surface area contributed by atoms with Crippen molar-refractivity contribution in [3.63, 3.8) is 0 Å². The van der Waals surface area contributed by atoms with Gasteiger partial charge in [0.25, 0.3) is 5.91 Å². The Morgan fingerprint density at radius 2 is 1.96 bits per heavy atom. The van der Waals surface area contributed by atoms with Crippen molar-refractivity contribution in [1.29, 1.82) is 0 Å². The van der Waals surface area contributed by atoms with Crippen LogP contribution in [-0.4, -0.2) is 49.3 Å². The maximum atomic E-state index is 12.9. The minimum Gasteiger partial charge on any atom is -0.492 e. The fourth-order valence-corrected chi connectivity index (χ4v) is 4.64. The molecule has 5 nitrogen and oxygen atoms in total. The number of rotatable bonds is 7. The van der Waals surface area contributed by atoms with Crippen molar-refractivity contribution in [3.05, 3.63) is 24.3 Å². The van der Waals surface area contributed by atoms with Gasteiger partial charge in [0.2, 0.25) is 0 Å². The Kier molecular flexibility index (Phi) is 7.36. The summed E-state index contributed by atoms with van der Waals surface area (Å²) in [6.45, 7) is 7.33. The van der Waals surface area contributed by atoms with Gasteiger partial charge in [0.15, 0.2) is 0 Å². The minimum atomic E-state index is -0.696. The highest BCUT2D eigenvalue weighted by molar-refractivity contribution is 5.97. The van der Waals surface area contributed by atoms with Crippen LogP contribution in [0.2, 0.25) is 0 Å². The molecule has 0 aromatic heterocycles. The molecular formula is C23H36N2O3. The van der Waals surface area contributed by atoms with Crippen LogP contribution in [0.1, 0.15) is 58.8 Å². The Morgan fingerprint density at radius 1 is 1.18 bits per heavy atom. The third kappa shape index (κ3) is 5.26. The predicted octanol–water partition coefficient (Wildman–Crippen LogP) is 4.47. The highest BCUT2D eigenvalue weighted by Crippen LogP contribution is 2.35. The SMILES string of the molecule is CO[C@]1(C(=O)Nc2ccc(OCCN3CCCC[C@@H]3C)cc2)CCC[C@H](C)C1. The van der Waals surface area contributed by atoms with Crippen molar-refractivity contribution in [3.8, 4) is 5.75 Å². The van der Waals surface area contributed by atoms with Crippen LogP contribution in [0.15, 0.2) is 24.3 Å². The summed E-state index contributed by atoms with van der Waals surface area (Å²) in [5.41, 5.74) is 0.0921. The number of hydrogen-bond donors (Lipinski definition) is 1. The zero-order chi connectivity index (χ0) is 20.0. The number of likely N-dealkylation sites (tertiary alicyclic amines) is 1. The maximum absolute atomic E-state index is 12.9. The number of hydrogen-bond acceptors (Lipinski definition) is 4. The predicted molar refractivity (Wildman–Crippen MR) is 113 cm³/mol. The number of benzene rings is 1. The molecule has 156 valence electrons. The molecular weight excluding hydrogens is 352 g/mol. The van der Waals surface area contributed by atoms with Crippen LogP contribution in [0.25, 0.3) is 0 Å². The van der Waals surface area contributed by atoms with Gasteiger partial charge in [-0.1, -0.05) is 19.8 Å². The lowest BCUT2D eigenvalue weighted by atomic mass is 9.78. The molecule has 1 amide bonds. The Bertz CT molecular complexity index is 633. The van der Waals surface area contributed by atoms with E-state index in [2.05, 4.69) is 24.1 Å². The molecule has 0 radical (unpaired) electrons. The highest BCUT2D eigenvalue weighted by atomic mass is 16.5. The van der Waals surface area contributed by atoms with Crippen LogP contribution in [0.5, 0.6) is 5.75 Å². The molecule has 1 aromatic rings. The first-order valence-electron chi connectivity index (χ1n) is 10.9. The molecule has 1 saturated heterocycles. The second-order valence-electron chi connectivity index (χ2n) is 8.61. The van der Waals surface area contributed by atoms with Crippen molar-refractivity contribution < 1.29 is 14.3 Å². The molecule has 1 heterocycles. The largest absolute Gasteiger partial charge is 0.492 e. The zero-order valence-corrected chi connectivity index (χ0v) is 17.7. The number of anilines is 1. The van der Waals surface area contributed by atoms with Gasteiger partial charge in [-0.15, -0.1) is 0 Å². The van der Waals surface area contributed by atoms with Crippen LogP contribution in [0.4, 0.5) is 5.69 Å². The lowest BCUT2D eigenvalue weighted by Gasteiger charge is -2.37. The van der Waals surface area contributed by atoms with Gasteiger partial charge in [0.05, 0.1) is 0 Å². The molecule has 3 atom stereocenters. The topological polar surface area (TPSA) is 50.8 Å². The van der Waals surface area contributed by atoms with E-state index in [1.807, 2.05) is 24.3 Å². The Balaban J connectivity index is 1.49. The van der Waals surface area contributed by atoms with Gasteiger partial charge < -0.3 is 14.8 Å². The molecule has 2 fully saturated rings. The van der Waals surface area contributed by atoms with Gasteiger partial charge in [-0.25, -0.2) is 0 Å². The normalized spacial score (nSPS) is 28.7. The zero-order valence-electron chi connectivity index (χ0n) is 17.7. The maximum Gasteiger partial charge on any atom is 0.256 e. The van der Waals surface area contributed by atoms with Crippen molar-refractivity contribution in [2.75, 3.05) is 32.1 Å². The average Bonchev–Trinajstić information content (AvgIpc) is 2.70. The third-order valence-corrected chi connectivity index (χ3v) is 6.46. The molecule has 2 aliphatic rings. The lowest BCUT2D eigenvalue weighted by molar-refractivity contribution is -0.143. The van der Waals surface area contributed by atoms with Crippen LogP contribution >= 0.6 is 0 Å². The smallest absolute Gasteiger partial charge is 0.256 e. The van der Waals surface area contributed by atoms with Crippen LogP contribution in [0.3, 0.4) is 0 Å². The number of amides is 1. The van der Waals surface area contributed by atoms with Gasteiger partial charge >= 0.3 is 0 Å². The number of piperidine rings is 1. The Morgan fingerprint density at radius 3 is 2.64 bits per heavy atom. The first-order chi connectivity index (χ1) is 13.5. The van der Waals surface area contributed by atoms with E-state index in [0.29, 0.717) is 18.6 Å². The highest BCUT2D eigenvalue weighted by Gasteiger charge is 2.41. The van der Waals surface area contributed by atoms with Gasteiger partial charge in [-0.3, -0.25) is 9.69 Å². The van der Waals surface area contributed by atoms with Crippen molar-refractivity contribution in [1.82, 2.24) is 4.90 Å². The quantitative estimate of drug-likeness (QED) is 0.748. The number of ether oxygens (including phenoxy) is 2. The van der Waals surface area contributed by atoms with E-state index < -0.39 is 5.60 Å². The fraction of sp³-hybridized carbons (Fsp3) is 0.696. The van der Waals surface area contributed by atoms with Crippen molar-refractivity contribution in [2.24, 2.45) is 5.92 Å². The molecule has 1 aliphatic heterocycles. The van der Waals surface area contributed by atoms with Gasteiger partial charge in [0.1, 0.15) is 18.0 Å². The second kappa shape index (κ2) is 9.75. The Labute approximate surface area is 169 Å². The molecule has 1 aliphatic carbocycles. The van der Waals surface area contributed by atoms with Crippen LogP contribution in [-0.2, 0) is 9.53 Å². The van der Waals surface area contributed by atoms with Crippen molar-refractivity contribution >= 4 is 11.6 Å². The van der Waals surface area contributed by atoms with E-state index in [9.17, 15) is 4.79 Å². The minimum absolute atomic E-state index is 0.0331. The molecule has 0 spiro atoms. The standard InChI is InChI=1S/C23H36N2O3/c1-18-7-6-13-23(17-18,27-3)22(26)24-20-9-11-21(12-10-20)28-16-15-25-14-5-4-8-19(25)2/h9-12,18-19H,4-8,13-17H2,1-3H3,(H,24,26)/t18-,19-,23+/m0/s1. The van der Waals surface area contributed by atoms with E-state index in [4.69, 9.17) is 9.47 Å². The molecule has 1 N–H and O–H groups in total. The van der Waals surface area contributed by atoms with Crippen LogP contribution in [0, 0.1) is 5.92 Å². The first-order valence-corrected chi connectivity index (χ1v) is 10.9. The summed E-state index contributed by atoms with van der Waals surface area (Å²) in [5, 5.41) is 3.04. The van der Waals surface area contributed by atoms with E-state index in [-0.39, 0.29) is 5.91 Å². The number of nitrogens with zero attached hydrogens (tertiary/aromatic N) is 1. The summed E-state index contributed by atoms with van der Waals surface area (Å²) in [4.78, 5) is 15.4. The molecule has 28 heavy (non-hydrogen) atoms. The molecule has 1 aromatic carbocycles. The summed E-state index contributed by atoms with van der Waals surface area (Å²) in [6, 6.07) is 8.33. The van der Waals surface area contributed by atoms with E-state index in [1.54, 1.807) is 7.11 Å². The molecule has 0 bridgehead atoms. The number of carbonyl (C=O) groups is 1. The molecule has 0 unspecified atom stereocenters. The monoisotopic (exact) mass is 388 g/mol. The number of methoxy groups -OCH3 is 1. The lowest BCUT2D eigenvalue weighted by Crippen LogP contribution is -2.47. The fourth-order valence-electron chi connectivity index (χ4n) is 4.64. The first kappa shape index (κ1) is 21.1. The summed E-state index contributed by atoms with van der Waals surface area (Å²) < 4.78 is 11.6. The second-order valence-corrected chi connectivity index (χ2v) is 8.61. The van der Waals surface area contributed by atoms with Crippen LogP contribution < -0.4 is 10.1 Å². The summed E-state index contributed by atoms with van der Waals surface area (Å²) in [5.74, 6) is 1.32. The Hall–Kier alpha value is -1.59. The third-order valence-electron chi connectivity index (χ3n) is 6.46. The summed E-state index contributed by atoms with van der Waals surface area (Å²) >= 11 is 0. The van der Waals surface area contributed by atoms with Crippen molar-refractivity contribution in [2.45, 2.75) is 70.4 Å². The molecule has 5 heteroatoms. The molecule has 1 saturated carbocycles. The van der Waals surface area contributed by atoms with Gasteiger partial charge in [0, 0.05) is 25.4 Å². The number of nitrogens with one attached hydrogen (secondary N) is 1. The van der Waals surface area contributed by atoms with Gasteiger partial charge in [-0.2, -0.15) is 0 Å². The molecule has 3 rings (SSSR count). The van der Waals surface area contributed by atoms with E-state index in [0.717, 1.165) is 37.2 Å². The summed E-state index contributed by atoms with van der Waals surface area (Å²) in [6.07, 6.45) is 7.69. The van der Waals surface area contributed by atoms with E-state index in [1.165, 1.54) is 32.2 Å². The van der Waals surface area contributed by atoms with Gasteiger partial charge in [-0.05, 0) is 75.8 Å². The van der Waals surface area contributed by atoms with E-state index >= 15 is 0 Å². The number of carbonyl (C=O) groups excluding carboxylic acids is 1.